The van der Waals surface area contributed by atoms with E-state index in [4.69, 9.17) is 0 Å². The minimum atomic E-state index is 1.24. The highest BCUT2D eigenvalue weighted by molar-refractivity contribution is 5.83. The molecule has 0 radical (unpaired) electrons. The summed E-state index contributed by atoms with van der Waals surface area (Å²) in [5.74, 6) is 0. The zero-order valence-electron chi connectivity index (χ0n) is 103. The van der Waals surface area contributed by atoms with Gasteiger partial charge in [0.1, 0.15) is 0 Å². The average Bonchev–Trinajstić information content (AvgIpc) is 0.804. The van der Waals surface area contributed by atoms with Crippen molar-refractivity contribution in [1.29, 1.82) is 0 Å². The maximum atomic E-state index is 2.27. The SMILES string of the molecule is CC.CC.CC.CC.CC.CC.CC.CC.CC.CC.CC.CC.CC.CC.CC.CC.CC.CC.CC.CC.CC.CC.CC.CC.CC.CC.CC.c1ccc(-c2cc(-c3ccccc3)cc(-c3ccccc3)c2)cc1.c1ccc(-c2cccc(-c3ccccc3)c2)cc1.c1ccc(-c2cccc(-c3ccccc3)c2)cc1.c1ccc(-c2ccccc2)cc1.c1ccc2ccccc2c1.c1ccccc1. The van der Waals surface area contributed by atoms with E-state index < -0.39 is 0 Å². The predicted octanol–water partition coefficient (Wildman–Crippen LogP) is 52.3. The largest absolute Gasteiger partial charge is 0.0683 e. The molecule has 0 atom stereocenters. The highest BCUT2D eigenvalue weighted by Gasteiger charge is 2.08. The molecule has 0 amide bonds. The van der Waals surface area contributed by atoms with Crippen LogP contribution in [0.3, 0.4) is 0 Å². The number of hydrogen-bond acceptors (Lipinski definition) is 0. The Kier molecular flexibility index (Phi) is 206. The molecular weight excluding hydrogens is 1710 g/mol. The third kappa shape index (κ3) is 94.8. The summed E-state index contributed by atoms with van der Waals surface area (Å²) in [5.41, 5.74) is 20.1. The lowest BCUT2D eigenvalue weighted by molar-refractivity contribution is 1.50. The third-order valence-electron chi connectivity index (χ3n) is 14.6. The molecule has 0 saturated heterocycles. The first kappa shape index (κ1) is 173. The zero-order chi connectivity index (χ0) is 114. The first-order valence-electron chi connectivity index (χ1n) is 57.0. The monoisotopic (exact) mass is 1940 g/mol. The maximum Gasteiger partial charge on any atom is -0.0172 e. The summed E-state index contributed by atoms with van der Waals surface area (Å²) in [4.78, 5) is 0. The topological polar surface area (TPSA) is 0 Å². The van der Waals surface area contributed by atoms with Crippen molar-refractivity contribution in [1.82, 2.24) is 0 Å². The molecule has 0 fully saturated rings. The van der Waals surface area contributed by atoms with Crippen molar-refractivity contribution >= 4 is 10.8 Å². The number of benzene rings is 15. The van der Waals surface area contributed by atoms with Gasteiger partial charge in [-0.05, 0) is 130 Å². The standard InChI is InChI=1S/C24H18.2C18H14.C12H10.C10H8.C6H6.27C2H6/c1-4-10-19(11-5-1)22-16-23(20-12-6-2-7-13-20)18-24(17-22)21-14-8-3-9-15-21;2*1-3-8-15(9-4-1)17-12-7-13-18(14-17)16-10-5-2-6-11-16;1-3-7-11(8-4-1)12-9-5-2-6-10-12;1-2-6-10-8-4-3-7-9(10)5-1;1-2-4-6-5-3-1;27*1-2/h1-18H;2*1-14H;1-10H;1-8H;1-6H;27*1-2H3. The van der Waals surface area contributed by atoms with Crippen molar-refractivity contribution in [3.63, 3.8) is 0 Å². The van der Waals surface area contributed by atoms with E-state index >= 15 is 0 Å². The van der Waals surface area contributed by atoms with Crippen molar-refractivity contribution in [2.24, 2.45) is 0 Å². The van der Waals surface area contributed by atoms with Gasteiger partial charge in [-0.3, -0.25) is 0 Å². The van der Waals surface area contributed by atoms with Gasteiger partial charge in [0.05, 0.1) is 0 Å². The van der Waals surface area contributed by atoms with Crippen LogP contribution < -0.4 is 0 Å². The molecule has 15 aromatic rings. The summed E-state index contributed by atoms with van der Waals surface area (Å²) in [6.07, 6.45) is 0. The van der Waals surface area contributed by atoms with Crippen LogP contribution in [0.4, 0.5) is 0 Å². The Morgan fingerprint density at radius 1 is 0.0634 bits per heavy atom. The minimum Gasteiger partial charge on any atom is -0.0683 e. The maximum absolute atomic E-state index is 2.27. The highest BCUT2D eigenvalue weighted by Crippen LogP contribution is 2.34. The molecule has 0 aliphatic carbocycles. The van der Waals surface area contributed by atoms with Gasteiger partial charge < -0.3 is 0 Å². The lowest BCUT2D eigenvalue weighted by atomic mass is 9.93. The smallest absolute Gasteiger partial charge is 0.0172 e. The van der Waals surface area contributed by atoms with E-state index in [1.54, 1.807) is 0 Å². The fourth-order valence-corrected chi connectivity index (χ4v) is 10.1. The summed E-state index contributed by atoms with van der Waals surface area (Å²) in [5, 5.41) is 2.62. The summed E-state index contributed by atoms with van der Waals surface area (Å²) in [7, 11) is 0. The lowest BCUT2D eigenvalue weighted by Crippen LogP contribution is -1.85. The van der Waals surface area contributed by atoms with Crippen LogP contribution in [0.1, 0.15) is 374 Å². The Morgan fingerprint density at radius 3 is 0.246 bits per heavy atom. The van der Waals surface area contributed by atoms with Crippen LogP contribution in [0.15, 0.2) is 425 Å². The number of rotatable bonds is 8. The Labute approximate surface area is 892 Å². The summed E-state index contributed by atoms with van der Waals surface area (Å²) >= 11 is 0. The normalized spacial score (nSPS) is 7.37. The molecule has 0 saturated carbocycles. The molecule has 0 aliphatic rings. The molecule has 0 unspecified atom stereocenters. The summed E-state index contributed by atoms with van der Waals surface area (Å²) in [6.45, 7) is 108. The van der Waals surface area contributed by atoms with Crippen LogP contribution >= 0.6 is 0 Å². The van der Waals surface area contributed by atoms with Crippen LogP contribution in [0.25, 0.3) is 99.8 Å². The van der Waals surface area contributed by atoms with E-state index in [2.05, 4.69) is 352 Å². The minimum absolute atomic E-state index is 1.24. The summed E-state index contributed by atoms with van der Waals surface area (Å²) < 4.78 is 0. The van der Waals surface area contributed by atoms with Crippen molar-refractivity contribution in [3.05, 3.63) is 425 Å². The fourth-order valence-electron chi connectivity index (χ4n) is 10.1. The molecule has 0 heterocycles. The van der Waals surface area contributed by atoms with Gasteiger partial charge in [0, 0.05) is 0 Å². The second-order valence-corrected chi connectivity index (χ2v) is 20.8. The van der Waals surface area contributed by atoms with Crippen molar-refractivity contribution < 1.29 is 0 Å². The zero-order valence-corrected chi connectivity index (χ0v) is 103. The van der Waals surface area contributed by atoms with Crippen molar-refractivity contribution in [2.75, 3.05) is 0 Å². The molecule has 15 rings (SSSR count). The number of hydrogen-bond donors (Lipinski definition) is 0. The molecule has 0 nitrogen and oxygen atoms in total. The van der Waals surface area contributed by atoms with Crippen LogP contribution in [0.2, 0.25) is 0 Å². The second kappa shape index (κ2) is 169. The molecule has 0 spiro atoms. The van der Waals surface area contributed by atoms with E-state index in [1.165, 1.54) is 99.8 Å². The van der Waals surface area contributed by atoms with Crippen LogP contribution in [-0.4, -0.2) is 0 Å². The van der Waals surface area contributed by atoms with Gasteiger partial charge in [-0.25, -0.2) is 0 Å². The molecule has 15 aromatic carbocycles. The molecule has 0 bridgehead atoms. The van der Waals surface area contributed by atoms with Gasteiger partial charge in [-0.2, -0.15) is 0 Å². The lowest BCUT2D eigenvalue weighted by Gasteiger charge is -2.11. The molecule has 0 heteroatoms. The van der Waals surface area contributed by atoms with E-state index in [0.717, 1.165) is 0 Å². The highest BCUT2D eigenvalue weighted by atomic mass is 14.1. The Bertz CT molecular complexity index is 3850. The van der Waals surface area contributed by atoms with Gasteiger partial charge >= 0.3 is 0 Å². The molecule has 142 heavy (non-hydrogen) atoms. The van der Waals surface area contributed by atoms with E-state index in [0.29, 0.717) is 0 Å². The number of fused-ring (bicyclic) bond motifs is 1. The van der Waals surface area contributed by atoms with Crippen molar-refractivity contribution in [2.45, 2.75) is 374 Å². The molecule has 0 aromatic heterocycles. The quantitative estimate of drug-likeness (QED) is 0.142. The van der Waals surface area contributed by atoms with Crippen LogP contribution in [0.5, 0.6) is 0 Å². The van der Waals surface area contributed by atoms with Crippen molar-refractivity contribution in [3.8, 4) is 89.0 Å². The van der Waals surface area contributed by atoms with E-state index in [-0.39, 0.29) is 0 Å². The average molecular weight is 1940 g/mol. The van der Waals surface area contributed by atoms with Gasteiger partial charge in [-0.15, -0.1) is 0 Å². The Morgan fingerprint density at radius 2 is 0.134 bits per heavy atom. The van der Waals surface area contributed by atoms with Gasteiger partial charge in [-0.1, -0.05) is 768 Å². The fraction of sp³-hybridized carbons (Fsp3) is 0.380. The van der Waals surface area contributed by atoms with Gasteiger partial charge in [0.25, 0.3) is 0 Å². The molecule has 0 aliphatic heterocycles. The second-order valence-electron chi connectivity index (χ2n) is 20.8. The summed E-state index contributed by atoms with van der Waals surface area (Å²) in [6, 6.07) is 147. The predicted molar refractivity (Wildman–Crippen MR) is 686 cm³/mol. The van der Waals surface area contributed by atoms with Gasteiger partial charge in [0.2, 0.25) is 0 Å². The first-order chi connectivity index (χ1) is 70.7. The van der Waals surface area contributed by atoms with Gasteiger partial charge in [0.15, 0.2) is 0 Å². The van der Waals surface area contributed by atoms with Crippen LogP contribution in [0, 0.1) is 0 Å². The molecule has 800 valence electrons. The molecule has 0 N–H and O–H groups in total. The molecular formula is C142H232. The Hall–Kier alpha value is -11.4. The van der Waals surface area contributed by atoms with E-state index in [1.807, 2.05) is 447 Å². The first-order valence-corrected chi connectivity index (χ1v) is 57.0. The van der Waals surface area contributed by atoms with Crippen LogP contribution in [-0.2, 0) is 0 Å². The Balaban J connectivity index is -0.0000000753. The third-order valence-corrected chi connectivity index (χ3v) is 14.6. The van der Waals surface area contributed by atoms with E-state index in [9.17, 15) is 0 Å².